The molecule has 4 aliphatic carbocycles. The van der Waals surface area contributed by atoms with Gasteiger partial charge in [-0.1, -0.05) is 48.6 Å². The van der Waals surface area contributed by atoms with Crippen LogP contribution in [0, 0.1) is 23.7 Å². The van der Waals surface area contributed by atoms with E-state index < -0.39 is 0 Å². The molecular weight excluding hydrogens is 368 g/mol. The Kier molecular flexibility index (Phi) is 6.92. The Morgan fingerprint density at radius 1 is 0.467 bits per heavy atom. The molecule has 164 valence electrons. The van der Waals surface area contributed by atoms with Crippen molar-refractivity contribution in [3.8, 4) is 0 Å². The van der Waals surface area contributed by atoms with Crippen molar-refractivity contribution < 1.29 is 9.47 Å². The summed E-state index contributed by atoms with van der Waals surface area (Å²) >= 11 is 0. The van der Waals surface area contributed by atoms with Crippen LogP contribution in [0.3, 0.4) is 0 Å². The fraction of sp³-hybridized carbons (Fsp3) is 0.714. The molecule has 8 atom stereocenters. The molecule has 0 bridgehead atoms. The number of hydrogen-bond acceptors (Lipinski definition) is 2. The molecule has 8 unspecified atom stereocenters. The van der Waals surface area contributed by atoms with Crippen molar-refractivity contribution in [1.29, 1.82) is 0 Å². The summed E-state index contributed by atoms with van der Waals surface area (Å²) in [4.78, 5) is 0. The molecule has 0 aromatic rings. The lowest BCUT2D eigenvalue weighted by molar-refractivity contribution is 0.368. The van der Waals surface area contributed by atoms with Crippen LogP contribution in [0.5, 0.6) is 0 Å². The molecule has 2 nitrogen and oxygen atoms in total. The zero-order valence-corrected chi connectivity index (χ0v) is 18.5. The largest absolute Gasteiger partial charge is 0.370 e. The fourth-order valence-corrected chi connectivity index (χ4v) is 5.83. The van der Waals surface area contributed by atoms with Gasteiger partial charge in [0, 0.05) is 0 Å². The lowest BCUT2D eigenvalue weighted by Crippen LogP contribution is -2.14. The van der Waals surface area contributed by atoms with Gasteiger partial charge >= 0.3 is 0 Å². The number of rotatable bonds is 4. The summed E-state index contributed by atoms with van der Waals surface area (Å²) < 4.78 is 11.1. The van der Waals surface area contributed by atoms with Crippen molar-refractivity contribution in [2.75, 3.05) is 0 Å². The van der Waals surface area contributed by atoms with Crippen LogP contribution in [0.15, 0.2) is 48.6 Å². The van der Waals surface area contributed by atoms with Gasteiger partial charge in [-0.25, -0.2) is 0 Å². The van der Waals surface area contributed by atoms with Crippen molar-refractivity contribution in [1.82, 2.24) is 0 Å². The van der Waals surface area contributed by atoms with Crippen LogP contribution >= 0.6 is 0 Å². The third-order valence-corrected chi connectivity index (χ3v) is 8.02. The lowest BCUT2D eigenvalue weighted by atomic mass is 9.85. The highest BCUT2D eigenvalue weighted by Gasteiger charge is 2.44. The minimum absolute atomic E-state index is 0.617. The van der Waals surface area contributed by atoms with Crippen LogP contribution in [-0.2, 0) is 9.47 Å². The van der Waals surface area contributed by atoms with Crippen LogP contribution in [-0.4, -0.2) is 24.4 Å². The summed E-state index contributed by atoms with van der Waals surface area (Å²) in [7, 11) is 0. The van der Waals surface area contributed by atoms with Gasteiger partial charge in [0.15, 0.2) is 0 Å². The number of allylic oxidation sites excluding steroid dienone is 8. The van der Waals surface area contributed by atoms with Crippen molar-refractivity contribution in [2.24, 2.45) is 23.7 Å². The minimum Gasteiger partial charge on any atom is -0.370 e. The smallest absolute Gasteiger partial charge is 0.0847 e. The maximum atomic E-state index is 5.57. The van der Waals surface area contributed by atoms with Gasteiger partial charge in [0.05, 0.1) is 24.4 Å². The third kappa shape index (κ3) is 5.98. The van der Waals surface area contributed by atoms with E-state index in [2.05, 4.69) is 48.6 Å². The van der Waals surface area contributed by atoms with Gasteiger partial charge in [0.2, 0.25) is 0 Å². The molecule has 0 amide bonds. The van der Waals surface area contributed by atoms with E-state index in [0.717, 1.165) is 23.7 Å². The highest BCUT2D eigenvalue weighted by atomic mass is 16.6. The average molecular weight is 409 g/mol. The number of epoxide rings is 2. The van der Waals surface area contributed by atoms with Gasteiger partial charge in [0.1, 0.15) is 0 Å². The summed E-state index contributed by atoms with van der Waals surface area (Å²) in [5, 5.41) is 0. The van der Waals surface area contributed by atoms with Crippen LogP contribution in [0.4, 0.5) is 0 Å². The van der Waals surface area contributed by atoms with Crippen LogP contribution in [0.2, 0.25) is 0 Å². The Balaban J connectivity index is 0.000000130. The number of hydrogen-bond donors (Lipinski definition) is 0. The Morgan fingerprint density at radius 2 is 0.933 bits per heavy atom. The molecule has 6 aliphatic rings. The number of fused-ring (bicyclic) bond motifs is 2. The first kappa shape index (κ1) is 20.8. The van der Waals surface area contributed by atoms with E-state index in [4.69, 9.17) is 9.47 Å². The van der Waals surface area contributed by atoms with E-state index in [9.17, 15) is 0 Å². The lowest BCUT2D eigenvalue weighted by Gasteiger charge is -2.18. The zero-order valence-electron chi connectivity index (χ0n) is 18.5. The highest BCUT2D eigenvalue weighted by molar-refractivity contribution is 5.05. The molecule has 2 saturated heterocycles. The summed E-state index contributed by atoms with van der Waals surface area (Å²) in [6.07, 6.45) is 37.3. The van der Waals surface area contributed by atoms with E-state index in [1.54, 1.807) is 0 Å². The SMILES string of the molecule is C(=C\C1CCC2OC2C1)/C1CCC2OC2C1.C1=CCC(/C=C/C2CC=CCC2)CC1. The first-order chi connectivity index (χ1) is 14.8. The quantitative estimate of drug-likeness (QED) is 0.372. The van der Waals surface area contributed by atoms with Crippen molar-refractivity contribution in [3.05, 3.63) is 48.6 Å². The van der Waals surface area contributed by atoms with Gasteiger partial charge in [0.25, 0.3) is 0 Å². The minimum atomic E-state index is 0.617. The Hall–Kier alpha value is -1.12. The predicted molar refractivity (Wildman–Crippen MR) is 123 cm³/mol. The monoisotopic (exact) mass is 408 g/mol. The fourth-order valence-electron chi connectivity index (χ4n) is 5.83. The predicted octanol–water partition coefficient (Wildman–Crippen LogP) is 6.93. The molecule has 6 rings (SSSR count). The molecule has 0 N–H and O–H groups in total. The van der Waals surface area contributed by atoms with Gasteiger partial charge in [-0.05, 0) is 101 Å². The summed E-state index contributed by atoms with van der Waals surface area (Å²) in [6, 6.07) is 0. The van der Waals surface area contributed by atoms with Crippen LogP contribution in [0.1, 0.15) is 77.0 Å². The van der Waals surface area contributed by atoms with E-state index in [0.29, 0.717) is 24.4 Å². The van der Waals surface area contributed by atoms with E-state index in [-0.39, 0.29) is 0 Å². The summed E-state index contributed by atoms with van der Waals surface area (Å²) in [6.45, 7) is 0. The normalized spacial score (nSPS) is 44.3. The average Bonchev–Trinajstić information content (AvgIpc) is 3.72. The van der Waals surface area contributed by atoms with Crippen LogP contribution < -0.4 is 0 Å². The molecular formula is C28H40O2. The maximum Gasteiger partial charge on any atom is 0.0847 e. The molecule has 4 fully saturated rings. The van der Waals surface area contributed by atoms with Crippen molar-refractivity contribution in [3.63, 3.8) is 0 Å². The Bertz CT molecular complexity index is 618. The van der Waals surface area contributed by atoms with E-state index >= 15 is 0 Å². The maximum absolute atomic E-state index is 5.57. The molecule has 0 radical (unpaired) electrons. The molecule has 2 heteroatoms. The van der Waals surface area contributed by atoms with Crippen LogP contribution in [0.25, 0.3) is 0 Å². The molecule has 2 heterocycles. The van der Waals surface area contributed by atoms with Gasteiger partial charge in [-0.3, -0.25) is 0 Å². The first-order valence-corrected chi connectivity index (χ1v) is 12.8. The molecule has 0 aromatic carbocycles. The second kappa shape index (κ2) is 10.0. The molecule has 0 aromatic heterocycles. The molecule has 2 aliphatic heterocycles. The standard InChI is InChI=1S/C14H20O2.C14H20/c1(9-3-5-11-13(7-9)15-11)2-10-4-6-12-14(8-10)16-12;1-3-7-13(8-4-1)11-12-14-9-5-2-6-10-14/h1-2,9-14H,3-8H2;1-3,5,11-14H,4,6-10H2/b2-1+;12-11+. The molecule has 2 saturated carbocycles. The highest BCUT2D eigenvalue weighted by Crippen LogP contribution is 2.42. The van der Waals surface area contributed by atoms with Gasteiger partial charge in [-0.2, -0.15) is 0 Å². The summed E-state index contributed by atoms with van der Waals surface area (Å²) in [5.41, 5.74) is 0. The van der Waals surface area contributed by atoms with Gasteiger partial charge in [-0.15, -0.1) is 0 Å². The number of ether oxygens (including phenoxy) is 2. The topological polar surface area (TPSA) is 25.1 Å². The van der Waals surface area contributed by atoms with Crippen molar-refractivity contribution in [2.45, 2.75) is 101 Å². The Labute approximate surface area is 183 Å². The van der Waals surface area contributed by atoms with Gasteiger partial charge < -0.3 is 9.47 Å². The Morgan fingerprint density at radius 3 is 1.33 bits per heavy atom. The molecule has 0 spiro atoms. The van der Waals surface area contributed by atoms with E-state index in [1.807, 2.05) is 0 Å². The second-order valence-corrected chi connectivity index (χ2v) is 10.4. The third-order valence-electron chi connectivity index (χ3n) is 8.02. The zero-order chi connectivity index (χ0) is 20.2. The molecule has 30 heavy (non-hydrogen) atoms. The van der Waals surface area contributed by atoms with Crippen molar-refractivity contribution >= 4 is 0 Å². The first-order valence-electron chi connectivity index (χ1n) is 12.8. The summed E-state index contributed by atoms with van der Waals surface area (Å²) in [5.74, 6) is 3.24. The van der Waals surface area contributed by atoms with E-state index in [1.165, 1.54) is 77.0 Å². The second-order valence-electron chi connectivity index (χ2n) is 10.4.